The van der Waals surface area contributed by atoms with Crippen LogP contribution in [0.5, 0.6) is 0 Å². The summed E-state index contributed by atoms with van der Waals surface area (Å²) in [6, 6.07) is 14.4. The van der Waals surface area contributed by atoms with Crippen molar-refractivity contribution in [2.75, 3.05) is 50.7 Å². The molecule has 2 fully saturated rings. The van der Waals surface area contributed by atoms with Gasteiger partial charge in [0.25, 0.3) is 0 Å². The van der Waals surface area contributed by atoms with E-state index < -0.39 is 0 Å². The summed E-state index contributed by atoms with van der Waals surface area (Å²) in [5.74, 6) is 0.636. The van der Waals surface area contributed by atoms with E-state index in [2.05, 4.69) is 53.7 Å². The normalized spacial score (nSPS) is 23.2. The Kier molecular flexibility index (Phi) is 8.18. The first-order valence-corrected chi connectivity index (χ1v) is 13.2. The van der Waals surface area contributed by atoms with Crippen molar-refractivity contribution in [1.29, 1.82) is 0 Å². The highest BCUT2D eigenvalue weighted by atomic mass is 35.5. The van der Waals surface area contributed by atoms with Crippen molar-refractivity contribution < 1.29 is 0 Å². The van der Waals surface area contributed by atoms with Crippen LogP contribution in [0.15, 0.2) is 42.5 Å². The van der Waals surface area contributed by atoms with Gasteiger partial charge < -0.3 is 14.7 Å². The van der Waals surface area contributed by atoms with E-state index in [0.717, 1.165) is 35.1 Å². The second kappa shape index (κ2) is 10.7. The Morgan fingerprint density at radius 2 is 1.45 bits per heavy atom. The third-order valence-corrected chi connectivity index (χ3v) is 7.65. The van der Waals surface area contributed by atoms with E-state index >= 15 is 0 Å². The molecule has 0 unspecified atom stereocenters. The number of hydrogen-bond donors (Lipinski definition) is 0. The minimum absolute atomic E-state index is 0.246. The van der Waals surface area contributed by atoms with Crippen molar-refractivity contribution in [1.82, 2.24) is 9.80 Å². The average Bonchev–Trinajstić information content (AvgIpc) is 2.75. The molecule has 0 radical (unpaired) electrons. The van der Waals surface area contributed by atoms with E-state index in [1.807, 2.05) is 24.3 Å². The average molecular weight is 509 g/mol. The van der Waals surface area contributed by atoms with Crippen LogP contribution >= 0.6 is 34.8 Å². The summed E-state index contributed by atoms with van der Waals surface area (Å²) in [5.41, 5.74) is 2.73. The van der Waals surface area contributed by atoms with E-state index in [0.29, 0.717) is 16.4 Å². The molecule has 2 aliphatic heterocycles. The fourth-order valence-electron chi connectivity index (χ4n) is 5.37. The van der Waals surface area contributed by atoms with Gasteiger partial charge in [-0.3, -0.25) is 0 Å². The molecule has 0 amide bonds. The standard InChI is InChI=1S/C27H36Cl3N3/c1-27(2,3)19-32-14-12-31(13-15-32)17-20-4-11-26(24-10-7-22(29)16-25(24)30)33(18-20)23-8-5-21(28)6-9-23/h5-10,16,20,26H,4,11-15,17-19H2,1-3H3/t20-,26-/m0/s1. The molecule has 33 heavy (non-hydrogen) atoms. The van der Waals surface area contributed by atoms with E-state index in [1.165, 1.54) is 44.8 Å². The van der Waals surface area contributed by atoms with E-state index in [1.54, 1.807) is 0 Å². The molecule has 6 heteroatoms. The first-order chi connectivity index (χ1) is 15.7. The largest absolute Gasteiger partial charge is 0.364 e. The Hall–Kier alpha value is -0.970. The topological polar surface area (TPSA) is 9.72 Å². The third-order valence-electron chi connectivity index (χ3n) is 6.84. The maximum atomic E-state index is 6.65. The molecule has 2 aromatic carbocycles. The van der Waals surface area contributed by atoms with Gasteiger partial charge in [0.1, 0.15) is 0 Å². The lowest BCUT2D eigenvalue weighted by Crippen LogP contribution is -2.51. The van der Waals surface area contributed by atoms with Crippen molar-refractivity contribution in [3.05, 3.63) is 63.1 Å². The number of benzene rings is 2. The second-order valence-electron chi connectivity index (χ2n) is 10.9. The van der Waals surface area contributed by atoms with Gasteiger partial charge in [0.15, 0.2) is 0 Å². The maximum absolute atomic E-state index is 6.65. The van der Waals surface area contributed by atoms with Gasteiger partial charge in [-0.05, 0) is 66.1 Å². The SMILES string of the molecule is CC(C)(C)CN1CCN(C[C@@H]2CC[C@@H](c3ccc(Cl)cc3Cl)N(c3ccc(Cl)cc3)C2)CC1. The molecular weight excluding hydrogens is 473 g/mol. The smallest absolute Gasteiger partial charge is 0.0557 e. The Morgan fingerprint density at radius 3 is 2.09 bits per heavy atom. The van der Waals surface area contributed by atoms with Crippen LogP contribution in [0.3, 0.4) is 0 Å². The third kappa shape index (κ3) is 6.80. The molecule has 3 nitrogen and oxygen atoms in total. The number of anilines is 1. The van der Waals surface area contributed by atoms with Gasteiger partial charge in [-0.15, -0.1) is 0 Å². The first kappa shape index (κ1) is 25.1. The summed E-state index contributed by atoms with van der Waals surface area (Å²) in [4.78, 5) is 7.81. The zero-order valence-electron chi connectivity index (χ0n) is 20.0. The van der Waals surface area contributed by atoms with Crippen molar-refractivity contribution in [3.8, 4) is 0 Å². The van der Waals surface area contributed by atoms with Crippen molar-refractivity contribution in [2.24, 2.45) is 11.3 Å². The van der Waals surface area contributed by atoms with Crippen LogP contribution in [0.25, 0.3) is 0 Å². The lowest BCUT2D eigenvalue weighted by atomic mass is 9.88. The highest BCUT2D eigenvalue weighted by Crippen LogP contribution is 2.40. The molecular formula is C27H36Cl3N3. The van der Waals surface area contributed by atoms with Crippen LogP contribution in [-0.2, 0) is 0 Å². The van der Waals surface area contributed by atoms with Crippen molar-refractivity contribution >= 4 is 40.5 Å². The van der Waals surface area contributed by atoms with E-state index in [9.17, 15) is 0 Å². The molecule has 0 N–H and O–H groups in total. The summed E-state index contributed by atoms with van der Waals surface area (Å²) in [5, 5.41) is 2.20. The van der Waals surface area contributed by atoms with Crippen LogP contribution in [0, 0.1) is 11.3 Å². The van der Waals surface area contributed by atoms with Crippen molar-refractivity contribution in [3.63, 3.8) is 0 Å². The quantitative estimate of drug-likeness (QED) is 0.420. The molecule has 0 aliphatic carbocycles. The Morgan fingerprint density at radius 1 is 0.818 bits per heavy atom. The van der Waals surface area contributed by atoms with Gasteiger partial charge in [0, 0.05) is 66.6 Å². The molecule has 0 bridgehead atoms. The predicted octanol–water partition coefficient (Wildman–Crippen LogP) is 7.27. The van der Waals surface area contributed by atoms with Gasteiger partial charge in [0.05, 0.1) is 6.04 Å². The van der Waals surface area contributed by atoms with Crippen LogP contribution < -0.4 is 4.90 Å². The molecule has 2 aromatic rings. The molecule has 0 saturated carbocycles. The van der Waals surface area contributed by atoms with Crippen molar-refractivity contribution in [2.45, 2.75) is 39.7 Å². The fourth-order valence-corrected chi connectivity index (χ4v) is 6.03. The monoisotopic (exact) mass is 507 g/mol. The van der Waals surface area contributed by atoms with Gasteiger partial charge >= 0.3 is 0 Å². The minimum Gasteiger partial charge on any atom is -0.364 e. The highest BCUT2D eigenvalue weighted by Gasteiger charge is 2.32. The lowest BCUT2D eigenvalue weighted by molar-refractivity contribution is 0.0888. The molecule has 2 heterocycles. The van der Waals surface area contributed by atoms with Gasteiger partial charge in [-0.25, -0.2) is 0 Å². The van der Waals surface area contributed by atoms with Crippen LogP contribution in [0.1, 0.15) is 45.2 Å². The lowest BCUT2D eigenvalue weighted by Gasteiger charge is -2.44. The molecule has 4 rings (SSSR count). The summed E-state index contributed by atoms with van der Waals surface area (Å²) in [7, 11) is 0. The van der Waals surface area contributed by atoms with Gasteiger partial charge in [-0.2, -0.15) is 0 Å². The Balaban J connectivity index is 1.45. The van der Waals surface area contributed by atoms with Crippen LogP contribution in [-0.4, -0.2) is 55.6 Å². The highest BCUT2D eigenvalue weighted by molar-refractivity contribution is 6.35. The number of rotatable bonds is 5. The second-order valence-corrected chi connectivity index (χ2v) is 12.2. The van der Waals surface area contributed by atoms with Gasteiger partial charge in [0.2, 0.25) is 0 Å². The summed E-state index contributed by atoms with van der Waals surface area (Å²) >= 11 is 19.0. The zero-order chi connectivity index (χ0) is 23.6. The molecule has 2 atom stereocenters. The van der Waals surface area contributed by atoms with E-state index in [4.69, 9.17) is 34.8 Å². The zero-order valence-corrected chi connectivity index (χ0v) is 22.3. The number of piperidine rings is 1. The molecule has 2 saturated heterocycles. The van der Waals surface area contributed by atoms with E-state index in [-0.39, 0.29) is 6.04 Å². The fraction of sp³-hybridized carbons (Fsp3) is 0.556. The molecule has 0 spiro atoms. The first-order valence-electron chi connectivity index (χ1n) is 12.1. The molecule has 0 aromatic heterocycles. The summed E-state index contributed by atoms with van der Waals surface area (Å²) < 4.78 is 0. The Labute approximate surface area is 214 Å². The van der Waals surface area contributed by atoms with Crippen LogP contribution in [0.4, 0.5) is 5.69 Å². The van der Waals surface area contributed by atoms with Gasteiger partial charge in [-0.1, -0.05) is 61.6 Å². The summed E-state index contributed by atoms with van der Waals surface area (Å²) in [6.07, 6.45) is 2.29. The number of piperazine rings is 1. The number of nitrogens with zero attached hydrogens (tertiary/aromatic N) is 3. The number of halogens is 3. The Bertz CT molecular complexity index is 917. The maximum Gasteiger partial charge on any atom is 0.0557 e. The minimum atomic E-state index is 0.246. The van der Waals surface area contributed by atoms with Crippen LogP contribution in [0.2, 0.25) is 15.1 Å². The summed E-state index contributed by atoms with van der Waals surface area (Å²) in [6.45, 7) is 15.0. The molecule has 2 aliphatic rings. The number of hydrogen-bond acceptors (Lipinski definition) is 3. The molecule has 180 valence electrons. The predicted molar refractivity (Wildman–Crippen MR) is 143 cm³/mol.